The summed E-state index contributed by atoms with van der Waals surface area (Å²) in [5.41, 5.74) is 5.65. The second-order valence-corrected chi connectivity index (χ2v) is 5.52. The first kappa shape index (κ1) is 14.9. The lowest BCUT2D eigenvalue weighted by Gasteiger charge is -2.09. The minimum Gasteiger partial charge on any atom is -0.352 e. The number of nitrogens with one attached hydrogen (secondary N) is 2. The van der Waals surface area contributed by atoms with Gasteiger partial charge in [0.1, 0.15) is 0 Å². The number of nitriles is 1. The molecule has 1 aromatic rings. The zero-order valence-electron chi connectivity index (χ0n) is 10.3. The molecule has 4 N–H and O–H groups in total. The van der Waals surface area contributed by atoms with Crippen LogP contribution >= 0.6 is 0 Å². The third-order valence-corrected chi connectivity index (χ3v) is 3.93. The third kappa shape index (κ3) is 4.24. The van der Waals surface area contributed by atoms with Crippen molar-refractivity contribution in [2.75, 3.05) is 13.1 Å². The summed E-state index contributed by atoms with van der Waals surface area (Å²) < 4.78 is 26.3. The van der Waals surface area contributed by atoms with Gasteiger partial charge in [0, 0.05) is 13.1 Å². The molecule has 0 aliphatic heterocycles. The Bertz CT molecular complexity index is 619. The second kappa shape index (κ2) is 6.17. The number of rotatable bonds is 5. The molecule has 1 rings (SSSR count). The number of urea groups is 1. The number of nitrogens with zero attached hydrogens (tertiary/aromatic N) is 1. The minimum absolute atomic E-state index is 0.0154. The molecule has 0 spiro atoms. The SMILES string of the molecule is Cc1ccc(C#N)cc1S(=O)(=O)NCCNC(N)=O. The van der Waals surface area contributed by atoms with E-state index < -0.39 is 16.1 Å². The van der Waals surface area contributed by atoms with Crippen LogP contribution in [0.15, 0.2) is 23.1 Å². The van der Waals surface area contributed by atoms with Gasteiger partial charge in [-0.15, -0.1) is 0 Å². The maximum absolute atomic E-state index is 12.0. The Morgan fingerprint density at radius 1 is 1.42 bits per heavy atom. The number of aryl methyl sites for hydroxylation is 1. The quantitative estimate of drug-likeness (QED) is 0.647. The van der Waals surface area contributed by atoms with E-state index in [4.69, 9.17) is 11.0 Å². The predicted octanol–water partition coefficient (Wildman–Crippen LogP) is -0.187. The number of hydrogen-bond donors (Lipinski definition) is 3. The van der Waals surface area contributed by atoms with Crippen LogP contribution in [0.1, 0.15) is 11.1 Å². The van der Waals surface area contributed by atoms with Crippen molar-refractivity contribution >= 4 is 16.1 Å². The van der Waals surface area contributed by atoms with Crippen molar-refractivity contribution in [2.24, 2.45) is 5.73 Å². The van der Waals surface area contributed by atoms with E-state index >= 15 is 0 Å². The number of carbonyl (C=O) groups is 1. The van der Waals surface area contributed by atoms with Gasteiger partial charge < -0.3 is 11.1 Å². The van der Waals surface area contributed by atoms with Crippen molar-refractivity contribution in [3.8, 4) is 6.07 Å². The molecule has 0 saturated heterocycles. The molecular formula is C11H14N4O3S. The normalized spacial score (nSPS) is 10.7. The van der Waals surface area contributed by atoms with Crippen LogP contribution in [0.5, 0.6) is 0 Å². The van der Waals surface area contributed by atoms with Crippen LogP contribution < -0.4 is 15.8 Å². The highest BCUT2D eigenvalue weighted by molar-refractivity contribution is 7.89. The molecular weight excluding hydrogens is 268 g/mol. The Balaban J connectivity index is 2.83. The molecule has 2 amide bonds. The van der Waals surface area contributed by atoms with Crippen LogP contribution in [0.4, 0.5) is 4.79 Å². The summed E-state index contributed by atoms with van der Waals surface area (Å²) in [6.07, 6.45) is 0. The summed E-state index contributed by atoms with van der Waals surface area (Å²) in [5, 5.41) is 11.0. The first-order valence-corrected chi connectivity index (χ1v) is 6.89. The summed E-state index contributed by atoms with van der Waals surface area (Å²) >= 11 is 0. The lowest BCUT2D eigenvalue weighted by atomic mass is 10.2. The smallest absolute Gasteiger partial charge is 0.312 e. The molecule has 0 bridgehead atoms. The summed E-state index contributed by atoms with van der Waals surface area (Å²) in [4.78, 5) is 10.5. The molecule has 0 radical (unpaired) electrons. The number of hydrogen-bond acceptors (Lipinski definition) is 4. The Morgan fingerprint density at radius 2 is 2.11 bits per heavy atom. The molecule has 0 atom stereocenters. The van der Waals surface area contributed by atoms with Gasteiger partial charge in [0.2, 0.25) is 10.0 Å². The van der Waals surface area contributed by atoms with Gasteiger partial charge in [0.05, 0.1) is 16.5 Å². The highest BCUT2D eigenvalue weighted by Crippen LogP contribution is 2.16. The van der Waals surface area contributed by atoms with E-state index in [0.717, 1.165) is 0 Å². The van der Waals surface area contributed by atoms with Gasteiger partial charge in [0.25, 0.3) is 0 Å². The summed E-state index contributed by atoms with van der Waals surface area (Å²) in [6, 6.07) is 5.58. The molecule has 102 valence electrons. The molecule has 0 aliphatic rings. The van der Waals surface area contributed by atoms with Gasteiger partial charge in [-0.3, -0.25) is 0 Å². The lowest BCUT2D eigenvalue weighted by molar-refractivity contribution is 0.249. The standard InChI is InChI=1S/C11H14N4O3S/c1-8-2-3-9(7-12)6-10(8)19(17,18)15-5-4-14-11(13)16/h2-3,6,15H,4-5H2,1H3,(H3,13,14,16). The number of amides is 2. The lowest BCUT2D eigenvalue weighted by Crippen LogP contribution is -2.37. The largest absolute Gasteiger partial charge is 0.352 e. The van der Waals surface area contributed by atoms with E-state index in [0.29, 0.717) is 5.56 Å². The first-order valence-electron chi connectivity index (χ1n) is 5.40. The van der Waals surface area contributed by atoms with Gasteiger partial charge in [-0.25, -0.2) is 17.9 Å². The summed E-state index contributed by atoms with van der Waals surface area (Å²) in [5.74, 6) is 0. The van der Waals surface area contributed by atoms with Crippen LogP contribution in [-0.2, 0) is 10.0 Å². The summed E-state index contributed by atoms with van der Waals surface area (Å²) in [6.45, 7) is 1.74. The van der Waals surface area contributed by atoms with E-state index in [1.807, 2.05) is 6.07 Å². The topological polar surface area (TPSA) is 125 Å². The second-order valence-electron chi connectivity index (χ2n) is 3.78. The number of nitrogens with two attached hydrogens (primary N) is 1. The maximum Gasteiger partial charge on any atom is 0.312 e. The van der Waals surface area contributed by atoms with Crippen molar-refractivity contribution in [2.45, 2.75) is 11.8 Å². The number of sulfonamides is 1. The number of carbonyl (C=O) groups excluding carboxylic acids is 1. The molecule has 0 aliphatic carbocycles. The molecule has 0 saturated carbocycles. The van der Waals surface area contributed by atoms with Crippen molar-refractivity contribution in [1.82, 2.24) is 10.0 Å². The van der Waals surface area contributed by atoms with Crippen molar-refractivity contribution in [3.05, 3.63) is 29.3 Å². The fourth-order valence-corrected chi connectivity index (χ4v) is 2.71. The van der Waals surface area contributed by atoms with Gasteiger partial charge in [-0.1, -0.05) is 6.07 Å². The van der Waals surface area contributed by atoms with E-state index in [1.54, 1.807) is 19.1 Å². The highest BCUT2D eigenvalue weighted by atomic mass is 32.2. The molecule has 0 heterocycles. The van der Waals surface area contributed by atoms with Crippen molar-refractivity contribution in [3.63, 3.8) is 0 Å². The molecule has 0 fully saturated rings. The molecule has 7 nitrogen and oxygen atoms in total. The molecule has 8 heteroatoms. The van der Waals surface area contributed by atoms with Gasteiger partial charge in [-0.2, -0.15) is 5.26 Å². The molecule has 0 aromatic heterocycles. The van der Waals surface area contributed by atoms with Crippen molar-refractivity contribution < 1.29 is 13.2 Å². The van der Waals surface area contributed by atoms with Crippen LogP contribution in [0, 0.1) is 18.3 Å². The fourth-order valence-electron chi connectivity index (χ4n) is 1.41. The zero-order chi connectivity index (χ0) is 14.5. The molecule has 19 heavy (non-hydrogen) atoms. The molecule has 1 aromatic carbocycles. The zero-order valence-corrected chi connectivity index (χ0v) is 11.1. The average molecular weight is 282 g/mol. The average Bonchev–Trinajstić information content (AvgIpc) is 2.35. The van der Waals surface area contributed by atoms with Crippen LogP contribution in [-0.4, -0.2) is 27.5 Å². The minimum atomic E-state index is -3.71. The Morgan fingerprint density at radius 3 is 2.68 bits per heavy atom. The van der Waals surface area contributed by atoms with E-state index in [2.05, 4.69) is 10.0 Å². The Labute approximate surface area is 111 Å². The van der Waals surface area contributed by atoms with Crippen LogP contribution in [0.3, 0.4) is 0 Å². The van der Waals surface area contributed by atoms with E-state index in [-0.39, 0.29) is 23.5 Å². The van der Waals surface area contributed by atoms with Crippen molar-refractivity contribution in [1.29, 1.82) is 5.26 Å². The maximum atomic E-state index is 12.0. The number of primary amides is 1. The van der Waals surface area contributed by atoms with Gasteiger partial charge >= 0.3 is 6.03 Å². The van der Waals surface area contributed by atoms with E-state index in [1.165, 1.54) is 6.07 Å². The highest BCUT2D eigenvalue weighted by Gasteiger charge is 2.16. The monoisotopic (exact) mass is 282 g/mol. The number of benzene rings is 1. The predicted molar refractivity (Wildman–Crippen MR) is 68.7 cm³/mol. The fraction of sp³-hybridized carbons (Fsp3) is 0.273. The third-order valence-electron chi connectivity index (χ3n) is 2.32. The Hall–Kier alpha value is -2.11. The molecule has 0 unspecified atom stereocenters. The van der Waals surface area contributed by atoms with Crippen LogP contribution in [0.25, 0.3) is 0 Å². The first-order chi connectivity index (χ1) is 8.86. The Kier molecular flexibility index (Phi) is 4.86. The van der Waals surface area contributed by atoms with Gasteiger partial charge in [-0.05, 0) is 24.6 Å². The summed E-state index contributed by atoms with van der Waals surface area (Å²) in [7, 11) is -3.71. The van der Waals surface area contributed by atoms with E-state index in [9.17, 15) is 13.2 Å². The van der Waals surface area contributed by atoms with Crippen LogP contribution in [0.2, 0.25) is 0 Å². The van der Waals surface area contributed by atoms with Gasteiger partial charge in [0.15, 0.2) is 0 Å².